The summed E-state index contributed by atoms with van der Waals surface area (Å²) < 4.78 is 0. The van der Waals surface area contributed by atoms with Gasteiger partial charge in [-0.05, 0) is 62.7 Å². The van der Waals surface area contributed by atoms with Crippen molar-refractivity contribution in [2.45, 2.75) is 58.7 Å². The predicted octanol–water partition coefficient (Wildman–Crippen LogP) is 3.14. The van der Waals surface area contributed by atoms with Gasteiger partial charge in [0.15, 0.2) is 5.96 Å². The minimum Gasteiger partial charge on any atom is -0.357 e. The Labute approximate surface area is 146 Å². The van der Waals surface area contributed by atoms with Gasteiger partial charge in [0.1, 0.15) is 0 Å². The van der Waals surface area contributed by atoms with Crippen LogP contribution in [0.4, 0.5) is 0 Å². The lowest BCUT2D eigenvalue weighted by atomic mass is 9.98. The van der Waals surface area contributed by atoms with Gasteiger partial charge in [0.25, 0.3) is 0 Å². The molecular formula is C20H32N4. The lowest BCUT2D eigenvalue weighted by Gasteiger charge is -2.30. The molecule has 2 fully saturated rings. The minimum atomic E-state index is 0.633. The highest BCUT2D eigenvalue weighted by atomic mass is 15.2. The van der Waals surface area contributed by atoms with E-state index in [2.05, 4.69) is 53.6 Å². The molecule has 0 atom stereocenters. The summed E-state index contributed by atoms with van der Waals surface area (Å²) >= 11 is 0. The van der Waals surface area contributed by atoms with E-state index >= 15 is 0 Å². The molecule has 2 aliphatic rings. The fraction of sp³-hybridized carbons (Fsp3) is 0.650. The van der Waals surface area contributed by atoms with E-state index in [1.165, 1.54) is 49.9 Å². The van der Waals surface area contributed by atoms with E-state index in [0.717, 1.165) is 31.5 Å². The Morgan fingerprint density at radius 1 is 1.12 bits per heavy atom. The molecule has 1 aromatic carbocycles. The molecule has 0 bridgehead atoms. The molecule has 0 radical (unpaired) electrons. The first-order chi connectivity index (χ1) is 11.7. The number of guanidine groups is 1. The zero-order chi connectivity index (χ0) is 16.8. The number of likely N-dealkylation sites (tertiary alicyclic amines) is 1. The second kappa shape index (κ2) is 8.52. The fourth-order valence-corrected chi connectivity index (χ4v) is 3.23. The number of benzene rings is 1. The Hall–Kier alpha value is -1.55. The Bertz CT molecular complexity index is 542. The molecule has 3 rings (SSSR count). The summed E-state index contributed by atoms with van der Waals surface area (Å²) in [5.41, 5.74) is 2.78. The van der Waals surface area contributed by atoms with Crippen LogP contribution in [0.5, 0.6) is 0 Å². The smallest absolute Gasteiger partial charge is 0.191 e. The SMILES string of the molecule is CCNC(=NCc1ccccc1CN1CCC(C)CC1)NC1CC1. The maximum atomic E-state index is 4.81. The number of hydrogen-bond acceptors (Lipinski definition) is 2. The van der Waals surface area contributed by atoms with Gasteiger partial charge in [-0.3, -0.25) is 4.90 Å². The maximum Gasteiger partial charge on any atom is 0.191 e. The van der Waals surface area contributed by atoms with E-state index in [-0.39, 0.29) is 0 Å². The first kappa shape index (κ1) is 17.3. The number of hydrogen-bond donors (Lipinski definition) is 2. The molecule has 1 saturated carbocycles. The monoisotopic (exact) mass is 328 g/mol. The highest BCUT2D eigenvalue weighted by Gasteiger charge is 2.22. The van der Waals surface area contributed by atoms with Crippen LogP contribution in [-0.2, 0) is 13.1 Å². The van der Waals surface area contributed by atoms with E-state index in [1.807, 2.05) is 0 Å². The van der Waals surface area contributed by atoms with E-state index in [1.54, 1.807) is 0 Å². The van der Waals surface area contributed by atoms with Crippen molar-refractivity contribution in [1.29, 1.82) is 0 Å². The molecule has 0 unspecified atom stereocenters. The molecule has 0 aromatic heterocycles. The van der Waals surface area contributed by atoms with Crippen molar-refractivity contribution in [3.63, 3.8) is 0 Å². The summed E-state index contributed by atoms with van der Waals surface area (Å²) in [5.74, 6) is 1.85. The van der Waals surface area contributed by atoms with Gasteiger partial charge < -0.3 is 10.6 Å². The zero-order valence-electron chi connectivity index (χ0n) is 15.2. The van der Waals surface area contributed by atoms with Crippen molar-refractivity contribution < 1.29 is 0 Å². The molecule has 2 N–H and O–H groups in total. The number of piperidine rings is 1. The van der Waals surface area contributed by atoms with E-state index in [4.69, 9.17) is 4.99 Å². The Kier molecular flexibility index (Phi) is 6.13. The normalized spacial score (nSPS) is 20.2. The molecule has 4 nitrogen and oxygen atoms in total. The van der Waals surface area contributed by atoms with Crippen molar-refractivity contribution in [1.82, 2.24) is 15.5 Å². The van der Waals surface area contributed by atoms with Gasteiger partial charge in [-0.25, -0.2) is 4.99 Å². The van der Waals surface area contributed by atoms with Crippen molar-refractivity contribution in [3.05, 3.63) is 35.4 Å². The third kappa shape index (κ3) is 5.23. The number of aliphatic imine (C=N–C) groups is 1. The molecule has 1 heterocycles. The summed E-state index contributed by atoms with van der Waals surface area (Å²) in [6.07, 6.45) is 5.20. The Morgan fingerprint density at radius 3 is 2.50 bits per heavy atom. The van der Waals surface area contributed by atoms with Crippen LogP contribution >= 0.6 is 0 Å². The fourth-order valence-electron chi connectivity index (χ4n) is 3.23. The van der Waals surface area contributed by atoms with Gasteiger partial charge in [-0.15, -0.1) is 0 Å². The average Bonchev–Trinajstić information content (AvgIpc) is 3.40. The van der Waals surface area contributed by atoms with Gasteiger partial charge in [0.2, 0.25) is 0 Å². The lowest BCUT2D eigenvalue weighted by molar-refractivity contribution is 0.185. The van der Waals surface area contributed by atoms with E-state index in [9.17, 15) is 0 Å². The summed E-state index contributed by atoms with van der Waals surface area (Å²) in [4.78, 5) is 7.40. The molecule has 0 amide bonds. The topological polar surface area (TPSA) is 39.7 Å². The summed E-state index contributed by atoms with van der Waals surface area (Å²) in [5, 5.41) is 6.85. The van der Waals surface area contributed by atoms with E-state index in [0.29, 0.717) is 6.04 Å². The van der Waals surface area contributed by atoms with Gasteiger partial charge in [0.05, 0.1) is 6.54 Å². The largest absolute Gasteiger partial charge is 0.357 e. The van der Waals surface area contributed by atoms with Gasteiger partial charge in [-0.1, -0.05) is 31.2 Å². The maximum absolute atomic E-state index is 4.81. The lowest BCUT2D eigenvalue weighted by Crippen LogP contribution is -2.38. The second-order valence-electron chi connectivity index (χ2n) is 7.34. The Balaban J connectivity index is 1.62. The summed E-state index contributed by atoms with van der Waals surface area (Å²) in [7, 11) is 0. The predicted molar refractivity (Wildman–Crippen MR) is 101 cm³/mol. The third-order valence-electron chi connectivity index (χ3n) is 5.06. The highest BCUT2D eigenvalue weighted by molar-refractivity contribution is 5.80. The average molecular weight is 329 g/mol. The zero-order valence-corrected chi connectivity index (χ0v) is 15.2. The third-order valence-corrected chi connectivity index (χ3v) is 5.06. The second-order valence-corrected chi connectivity index (χ2v) is 7.34. The van der Waals surface area contributed by atoms with Crippen LogP contribution in [0.15, 0.2) is 29.3 Å². The molecule has 1 saturated heterocycles. The molecule has 4 heteroatoms. The Morgan fingerprint density at radius 2 is 1.83 bits per heavy atom. The van der Waals surface area contributed by atoms with Crippen LogP contribution < -0.4 is 10.6 Å². The molecule has 132 valence electrons. The van der Waals surface area contributed by atoms with Crippen molar-refractivity contribution in [2.24, 2.45) is 10.9 Å². The molecule has 0 spiro atoms. The standard InChI is InChI=1S/C20H32N4/c1-3-21-20(23-19-8-9-19)22-14-17-6-4-5-7-18(17)15-24-12-10-16(2)11-13-24/h4-7,16,19H,3,8-15H2,1-2H3,(H2,21,22,23). The van der Waals surface area contributed by atoms with E-state index < -0.39 is 0 Å². The van der Waals surface area contributed by atoms with Crippen LogP contribution in [0.3, 0.4) is 0 Å². The van der Waals surface area contributed by atoms with Crippen molar-refractivity contribution >= 4 is 5.96 Å². The molecule has 1 aliphatic carbocycles. The molecular weight excluding hydrogens is 296 g/mol. The van der Waals surface area contributed by atoms with Crippen LogP contribution in [0.25, 0.3) is 0 Å². The first-order valence-electron chi connectivity index (χ1n) is 9.58. The van der Waals surface area contributed by atoms with Crippen LogP contribution in [-0.4, -0.2) is 36.5 Å². The first-order valence-corrected chi connectivity index (χ1v) is 9.58. The molecule has 1 aliphatic heterocycles. The van der Waals surface area contributed by atoms with Gasteiger partial charge in [-0.2, -0.15) is 0 Å². The van der Waals surface area contributed by atoms with Crippen molar-refractivity contribution in [2.75, 3.05) is 19.6 Å². The van der Waals surface area contributed by atoms with Crippen molar-refractivity contribution in [3.8, 4) is 0 Å². The quantitative estimate of drug-likeness (QED) is 0.622. The van der Waals surface area contributed by atoms with Crippen LogP contribution in [0.2, 0.25) is 0 Å². The number of rotatable bonds is 6. The molecule has 24 heavy (non-hydrogen) atoms. The number of nitrogens with zero attached hydrogens (tertiary/aromatic N) is 2. The van der Waals surface area contributed by atoms with Gasteiger partial charge >= 0.3 is 0 Å². The highest BCUT2D eigenvalue weighted by Crippen LogP contribution is 2.20. The van der Waals surface area contributed by atoms with Crippen LogP contribution in [0, 0.1) is 5.92 Å². The minimum absolute atomic E-state index is 0.633. The van der Waals surface area contributed by atoms with Gasteiger partial charge in [0, 0.05) is 19.1 Å². The summed E-state index contributed by atoms with van der Waals surface area (Å²) in [6, 6.07) is 9.42. The summed E-state index contributed by atoms with van der Waals surface area (Å²) in [6.45, 7) is 9.67. The number of nitrogens with one attached hydrogen (secondary N) is 2. The molecule has 1 aromatic rings. The van der Waals surface area contributed by atoms with Crippen LogP contribution in [0.1, 0.15) is 50.7 Å².